The summed E-state index contributed by atoms with van der Waals surface area (Å²) in [5.41, 5.74) is 2.72. The summed E-state index contributed by atoms with van der Waals surface area (Å²) in [7, 11) is 0. The van der Waals surface area contributed by atoms with Crippen LogP contribution in [0.1, 0.15) is 22.8 Å². The second-order valence-corrected chi connectivity index (χ2v) is 4.92. The van der Waals surface area contributed by atoms with E-state index in [9.17, 15) is 4.79 Å². The lowest BCUT2D eigenvalue weighted by atomic mass is 10.1. The molecule has 2 aromatic rings. The second-order valence-electron chi connectivity index (χ2n) is 4.01. The number of aryl methyl sites for hydroxylation is 1. The number of carboxylic acids is 1. The van der Waals surface area contributed by atoms with Gasteiger partial charge in [-0.25, -0.2) is 4.79 Å². The summed E-state index contributed by atoms with van der Waals surface area (Å²) in [4.78, 5) is 15.0. The predicted molar refractivity (Wildman–Crippen MR) is 78.0 cm³/mol. The highest BCUT2D eigenvalue weighted by atomic mass is 79.9. The summed E-state index contributed by atoms with van der Waals surface area (Å²) in [6.45, 7) is 2.05. The molecule has 1 aromatic heterocycles. The average Bonchev–Trinajstić information content (AvgIpc) is 2.41. The first kappa shape index (κ1) is 13.5. The molecule has 2 rings (SSSR count). The van der Waals surface area contributed by atoms with Crippen LogP contribution in [0.2, 0.25) is 0 Å². The van der Waals surface area contributed by atoms with Gasteiger partial charge >= 0.3 is 5.97 Å². The Hall–Kier alpha value is -1.88. The highest BCUT2D eigenvalue weighted by Gasteiger charge is 2.11. The molecule has 4 nitrogen and oxygen atoms in total. The van der Waals surface area contributed by atoms with Gasteiger partial charge in [-0.1, -0.05) is 22.9 Å². The molecule has 0 aliphatic carbocycles. The van der Waals surface area contributed by atoms with Crippen molar-refractivity contribution in [2.45, 2.75) is 13.3 Å². The van der Waals surface area contributed by atoms with Crippen LogP contribution in [0.4, 0.5) is 11.4 Å². The number of aromatic carboxylic acids is 1. The van der Waals surface area contributed by atoms with Crippen LogP contribution in [-0.2, 0) is 6.42 Å². The molecule has 0 saturated heterocycles. The zero-order chi connectivity index (χ0) is 13.8. The number of pyridine rings is 1. The maximum Gasteiger partial charge on any atom is 0.339 e. The summed E-state index contributed by atoms with van der Waals surface area (Å²) < 4.78 is 1.00. The minimum atomic E-state index is -0.995. The van der Waals surface area contributed by atoms with Gasteiger partial charge in [-0.3, -0.25) is 4.98 Å². The Morgan fingerprint density at radius 3 is 2.84 bits per heavy atom. The van der Waals surface area contributed by atoms with E-state index in [0.29, 0.717) is 5.69 Å². The highest BCUT2D eigenvalue weighted by molar-refractivity contribution is 9.10. The van der Waals surface area contributed by atoms with E-state index in [2.05, 4.69) is 33.2 Å². The summed E-state index contributed by atoms with van der Waals surface area (Å²) >= 11 is 3.43. The molecule has 0 amide bonds. The van der Waals surface area contributed by atoms with Crippen LogP contribution in [0.5, 0.6) is 0 Å². The second kappa shape index (κ2) is 5.84. The Kier molecular flexibility index (Phi) is 4.16. The number of carbonyl (C=O) groups is 1. The number of halogens is 1. The van der Waals surface area contributed by atoms with E-state index in [0.717, 1.165) is 22.1 Å². The van der Waals surface area contributed by atoms with Gasteiger partial charge in [0.05, 0.1) is 5.69 Å². The SMILES string of the molecule is CCc1cc(Br)ccc1Nc1ccncc1C(=O)O. The van der Waals surface area contributed by atoms with Gasteiger partial charge in [-0.15, -0.1) is 0 Å². The first-order valence-electron chi connectivity index (χ1n) is 5.84. The quantitative estimate of drug-likeness (QED) is 0.898. The first-order chi connectivity index (χ1) is 9.11. The third-order valence-electron chi connectivity index (χ3n) is 2.77. The maximum absolute atomic E-state index is 11.1. The lowest BCUT2D eigenvalue weighted by Gasteiger charge is -2.13. The number of benzene rings is 1. The molecule has 19 heavy (non-hydrogen) atoms. The Labute approximate surface area is 119 Å². The van der Waals surface area contributed by atoms with Crippen molar-refractivity contribution in [3.63, 3.8) is 0 Å². The number of hydrogen-bond donors (Lipinski definition) is 2. The number of nitrogens with one attached hydrogen (secondary N) is 1. The molecule has 1 heterocycles. The van der Waals surface area contributed by atoms with Gasteiger partial charge in [0.1, 0.15) is 5.56 Å². The third-order valence-corrected chi connectivity index (χ3v) is 3.26. The van der Waals surface area contributed by atoms with Crippen molar-refractivity contribution in [2.75, 3.05) is 5.32 Å². The first-order valence-corrected chi connectivity index (χ1v) is 6.64. The monoisotopic (exact) mass is 320 g/mol. The summed E-state index contributed by atoms with van der Waals surface area (Å²) in [5.74, 6) is -0.995. The lowest BCUT2D eigenvalue weighted by molar-refractivity contribution is 0.0697. The van der Waals surface area contributed by atoms with E-state index in [1.54, 1.807) is 12.3 Å². The van der Waals surface area contributed by atoms with Crippen LogP contribution in [0.25, 0.3) is 0 Å². The molecule has 0 spiro atoms. The molecule has 0 bridgehead atoms. The lowest BCUT2D eigenvalue weighted by Crippen LogP contribution is -2.04. The highest BCUT2D eigenvalue weighted by Crippen LogP contribution is 2.26. The fraction of sp³-hybridized carbons (Fsp3) is 0.143. The van der Waals surface area contributed by atoms with Crippen molar-refractivity contribution < 1.29 is 9.90 Å². The molecule has 2 N–H and O–H groups in total. The van der Waals surface area contributed by atoms with E-state index in [-0.39, 0.29) is 5.56 Å². The van der Waals surface area contributed by atoms with Crippen molar-refractivity contribution in [3.05, 3.63) is 52.3 Å². The molecular weight excluding hydrogens is 308 g/mol. The van der Waals surface area contributed by atoms with Crippen LogP contribution in [0.15, 0.2) is 41.1 Å². The standard InChI is InChI=1S/C14H13BrN2O2/c1-2-9-7-10(15)3-4-12(9)17-13-5-6-16-8-11(13)14(18)19/h3-8H,2H2,1H3,(H,16,17)(H,18,19). The maximum atomic E-state index is 11.1. The van der Waals surface area contributed by atoms with E-state index in [1.165, 1.54) is 6.20 Å². The molecule has 0 saturated carbocycles. The van der Waals surface area contributed by atoms with E-state index in [4.69, 9.17) is 5.11 Å². The summed E-state index contributed by atoms with van der Waals surface area (Å²) in [5, 5.41) is 12.3. The zero-order valence-electron chi connectivity index (χ0n) is 10.4. The molecule has 0 unspecified atom stereocenters. The molecular formula is C14H13BrN2O2. The normalized spacial score (nSPS) is 10.2. The number of rotatable bonds is 4. The predicted octanol–water partition coefficient (Wildman–Crippen LogP) is 3.85. The van der Waals surface area contributed by atoms with E-state index < -0.39 is 5.97 Å². The van der Waals surface area contributed by atoms with E-state index in [1.807, 2.05) is 18.2 Å². The summed E-state index contributed by atoms with van der Waals surface area (Å²) in [6, 6.07) is 7.52. The van der Waals surface area contributed by atoms with Crippen LogP contribution in [0, 0.1) is 0 Å². The Morgan fingerprint density at radius 1 is 1.37 bits per heavy atom. The van der Waals surface area contributed by atoms with Crippen molar-refractivity contribution >= 4 is 33.3 Å². The van der Waals surface area contributed by atoms with Gasteiger partial charge < -0.3 is 10.4 Å². The minimum Gasteiger partial charge on any atom is -0.478 e. The molecule has 0 aliphatic heterocycles. The fourth-order valence-electron chi connectivity index (χ4n) is 1.80. The molecule has 0 atom stereocenters. The van der Waals surface area contributed by atoms with Crippen molar-refractivity contribution in [1.82, 2.24) is 4.98 Å². The smallest absolute Gasteiger partial charge is 0.339 e. The van der Waals surface area contributed by atoms with E-state index >= 15 is 0 Å². The zero-order valence-corrected chi connectivity index (χ0v) is 11.9. The van der Waals surface area contributed by atoms with Gasteiger partial charge in [0, 0.05) is 22.6 Å². The molecule has 5 heteroatoms. The molecule has 1 aromatic carbocycles. The number of anilines is 2. The van der Waals surface area contributed by atoms with Gasteiger partial charge in [0.2, 0.25) is 0 Å². The number of carboxylic acid groups (broad SMARTS) is 1. The Balaban J connectivity index is 2.39. The largest absolute Gasteiger partial charge is 0.478 e. The fourth-order valence-corrected chi connectivity index (χ4v) is 2.20. The van der Waals surface area contributed by atoms with Gasteiger partial charge in [0.15, 0.2) is 0 Å². The van der Waals surface area contributed by atoms with Crippen LogP contribution in [0.3, 0.4) is 0 Å². The van der Waals surface area contributed by atoms with Crippen molar-refractivity contribution in [3.8, 4) is 0 Å². The van der Waals surface area contributed by atoms with Crippen LogP contribution in [-0.4, -0.2) is 16.1 Å². The number of nitrogens with zero attached hydrogens (tertiary/aromatic N) is 1. The number of hydrogen-bond acceptors (Lipinski definition) is 3. The molecule has 98 valence electrons. The molecule has 0 fully saturated rings. The minimum absolute atomic E-state index is 0.160. The van der Waals surface area contributed by atoms with Crippen LogP contribution < -0.4 is 5.32 Å². The van der Waals surface area contributed by atoms with Gasteiger partial charge in [-0.05, 0) is 36.2 Å². The van der Waals surface area contributed by atoms with Crippen molar-refractivity contribution in [2.24, 2.45) is 0 Å². The van der Waals surface area contributed by atoms with Crippen LogP contribution >= 0.6 is 15.9 Å². The molecule has 0 radical (unpaired) electrons. The van der Waals surface area contributed by atoms with Gasteiger partial charge in [0.25, 0.3) is 0 Å². The molecule has 0 aliphatic rings. The number of aromatic nitrogens is 1. The topological polar surface area (TPSA) is 62.2 Å². The summed E-state index contributed by atoms with van der Waals surface area (Å²) in [6.07, 6.45) is 3.77. The van der Waals surface area contributed by atoms with Crippen molar-refractivity contribution in [1.29, 1.82) is 0 Å². The Bertz CT molecular complexity index is 614. The third kappa shape index (κ3) is 3.12. The average molecular weight is 321 g/mol. The van der Waals surface area contributed by atoms with Gasteiger partial charge in [-0.2, -0.15) is 0 Å². The Morgan fingerprint density at radius 2 is 2.16 bits per heavy atom.